The van der Waals surface area contributed by atoms with Crippen LogP contribution in [0.3, 0.4) is 0 Å². The summed E-state index contributed by atoms with van der Waals surface area (Å²) in [5.41, 5.74) is 1.50. The third-order valence-corrected chi connectivity index (χ3v) is 2.18. The largest absolute Gasteiger partial charge is 0.462 e. The fourth-order valence-electron chi connectivity index (χ4n) is 1.28. The van der Waals surface area contributed by atoms with Gasteiger partial charge in [-0.3, -0.25) is 5.32 Å². The second-order valence-electron chi connectivity index (χ2n) is 3.50. The van der Waals surface area contributed by atoms with E-state index in [1.807, 2.05) is 12.1 Å². The van der Waals surface area contributed by atoms with Crippen molar-refractivity contribution in [3.05, 3.63) is 29.8 Å². The maximum absolute atomic E-state index is 11.4. The van der Waals surface area contributed by atoms with Crippen LogP contribution in [0.25, 0.3) is 0 Å². The van der Waals surface area contributed by atoms with Gasteiger partial charge in [0.05, 0.1) is 17.9 Å². The Bertz CT molecular complexity index is 319. The first kappa shape index (κ1) is 12.6. The van der Waals surface area contributed by atoms with Crippen LogP contribution in [0, 0.1) is 0 Å². The molecule has 0 N–H and O–H groups in total. The van der Waals surface area contributed by atoms with Gasteiger partial charge in [0.1, 0.15) is 0 Å². The van der Waals surface area contributed by atoms with Gasteiger partial charge in [0.25, 0.3) is 0 Å². The summed E-state index contributed by atoms with van der Waals surface area (Å²) in [6.07, 6.45) is 2.24. The molecule has 1 rings (SSSR count). The first-order chi connectivity index (χ1) is 7.77. The van der Waals surface area contributed by atoms with Gasteiger partial charge in [-0.25, -0.2) is 4.79 Å². The fraction of sp³-hybridized carbons (Fsp3) is 0.462. The smallest absolute Gasteiger partial charge is 0.338 e. The van der Waals surface area contributed by atoms with Crippen molar-refractivity contribution in [1.29, 1.82) is 0 Å². The molecule has 0 saturated heterocycles. The van der Waals surface area contributed by atoms with Crippen molar-refractivity contribution in [3.63, 3.8) is 0 Å². The Balaban J connectivity index is 2.50. The van der Waals surface area contributed by atoms with Crippen LogP contribution in [0.5, 0.6) is 0 Å². The van der Waals surface area contributed by atoms with Crippen molar-refractivity contribution in [2.24, 2.45) is 0 Å². The van der Waals surface area contributed by atoms with E-state index < -0.39 is 0 Å². The van der Waals surface area contributed by atoms with Gasteiger partial charge >= 0.3 is 5.97 Å². The fourth-order valence-corrected chi connectivity index (χ4v) is 1.28. The van der Waals surface area contributed by atoms with Crippen LogP contribution in [0.15, 0.2) is 24.3 Å². The molecule has 3 heteroatoms. The van der Waals surface area contributed by atoms with Crippen LogP contribution in [-0.4, -0.2) is 19.1 Å². The summed E-state index contributed by atoms with van der Waals surface area (Å²) >= 11 is 0. The first-order valence-electron chi connectivity index (χ1n) is 5.72. The number of esters is 1. The van der Waals surface area contributed by atoms with Crippen LogP contribution in [0.1, 0.15) is 37.0 Å². The highest BCUT2D eigenvalue weighted by Crippen LogP contribution is 2.10. The lowest BCUT2D eigenvalue weighted by atomic mass is 10.2. The zero-order valence-corrected chi connectivity index (χ0v) is 9.90. The van der Waals surface area contributed by atoms with Gasteiger partial charge in [-0.2, -0.15) is 0 Å². The number of hydrogen-bond donors (Lipinski definition) is 0. The average molecular weight is 220 g/mol. The Morgan fingerprint density at radius 1 is 1.25 bits per heavy atom. The number of benzene rings is 1. The van der Waals surface area contributed by atoms with Gasteiger partial charge in [0, 0.05) is 6.54 Å². The maximum Gasteiger partial charge on any atom is 0.338 e. The summed E-state index contributed by atoms with van der Waals surface area (Å²) in [6.45, 7) is 5.18. The quantitative estimate of drug-likeness (QED) is 0.546. The molecule has 0 aromatic heterocycles. The van der Waals surface area contributed by atoms with E-state index in [0.29, 0.717) is 12.2 Å². The SMILES string of the molecule is CCCC[N]c1ccc(C(=O)OCC)cc1. The van der Waals surface area contributed by atoms with Crippen LogP contribution < -0.4 is 5.32 Å². The predicted molar refractivity (Wildman–Crippen MR) is 64.0 cm³/mol. The molecule has 87 valence electrons. The van der Waals surface area contributed by atoms with Crippen LogP contribution in [0.2, 0.25) is 0 Å². The Labute approximate surface area is 96.8 Å². The highest BCUT2D eigenvalue weighted by molar-refractivity contribution is 5.89. The van der Waals surface area contributed by atoms with E-state index in [1.165, 1.54) is 0 Å². The maximum atomic E-state index is 11.4. The summed E-state index contributed by atoms with van der Waals surface area (Å²) in [5.74, 6) is -0.275. The van der Waals surface area contributed by atoms with Crippen molar-refractivity contribution in [2.45, 2.75) is 26.7 Å². The molecule has 0 heterocycles. The molecule has 0 atom stereocenters. The highest BCUT2D eigenvalue weighted by Gasteiger charge is 2.05. The lowest BCUT2D eigenvalue weighted by molar-refractivity contribution is 0.0526. The zero-order valence-electron chi connectivity index (χ0n) is 9.90. The summed E-state index contributed by atoms with van der Waals surface area (Å²) in [6, 6.07) is 7.20. The minimum Gasteiger partial charge on any atom is -0.462 e. The minimum atomic E-state index is -0.275. The number of nitrogens with zero attached hydrogens (tertiary/aromatic N) is 1. The summed E-state index contributed by atoms with van der Waals surface area (Å²) in [4.78, 5) is 11.4. The molecule has 0 saturated carbocycles. The predicted octanol–water partition coefficient (Wildman–Crippen LogP) is 2.90. The number of ether oxygens (including phenoxy) is 1. The van der Waals surface area contributed by atoms with E-state index in [4.69, 9.17) is 4.74 Å². The normalized spacial score (nSPS) is 9.88. The molecule has 0 bridgehead atoms. The van der Waals surface area contributed by atoms with E-state index in [-0.39, 0.29) is 5.97 Å². The number of rotatable bonds is 6. The molecule has 0 fully saturated rings. The number of unbranched alkanes of at least 4 members (excludes halogenated alkanes) is 1. The molecule has 1 aromatic carbocycles. The van der Waals surface area contributed by atoms with E-state index in [2.05, 4.69) is 12.2 Å². The number of carbonyl (C=O) groups is 1. The molecule has 0 unspecified atom stereocenters. The number of carbonyl (C=O) groups excluding carboxylic acids is 1. The standard InChI is InChI=1S/C13H18NO2/c1-3-5-10-14-12-8-6-11(7-9-12)13(15)16-4-2/h6-9H,3-5,10H2,1-2H3. The lowest BCUT2D eigenvalue weighted by Crippen LogP contribution is -2.05. The molecule has 0 aliphatic carbocycles. The van der Waals surface area contributed by atoms with Crippen molar-refractivity contribution in [2.75, 3.05) is 13.2 Å². The monoisotopic (exact) mass is 220 g/mol. The summed E-state index contributed by atoms with van der Waals surface area (Å²) < 4.78 is 4.90. The van der Waals surface area contributed by atoms with Crippen LogP contribution in [0.4, 0.5) is 5.69 Å². The first-order valence-corrected chi connectivity index (χ1v) is 5.72. The second kappa shape index (κ2) is 6.88. The molecule has 0 amide bonds. The van der Waals surface area contributed by atoms with E-state index >= 15 is 0 Å². The van der Waals surface area contributed by atoms with Gasteiger partial charge in [0.2, 0.25) is 0 Å². The molecule has 3 nitrogen and oxygen atoms in total. The molecule has 0 aliphatic rings. The van der Waals surface area contributed by atoms with E-state index in [9.17, 15) is 4.79 Å². The third kappa shape index (κ3) is 3.93. The Morgan fingerprint density at radius 3 is 2.50 bits per heavy atom. The van der Waals surface area contributed by atoms with Gasteiger partial charge < -0.3 is 4.74 Å². The van der Waals surface area contributed by atoms with Crippen molar-refractivity contribution in [1.82, 2.24) is 5.32 Å². The number of hydrogen-bond acceptors (Lipinski definition) is 2. The zero-order chi connectivity index (χ0) is 11.8. The van der Waals surface area contributed by atoms with Crippen molar-refractivity contribution < 1.29 is 9.53 Å². The molecule has 1 radical (unpaired) electrons. The van der Waals surface area contributed by atoms with Gasteiger partial charge in [0.15, 0.2) is 0 Å². The van der Waals surface area contributed by atoms with Crippen molar-refractivity contribution >= 4 is 11.7 Å². The topological polar surface area (TPSA) is 40.4 Å². The molecule has 16 heavy (non-hydrogen) atoms. The molecular weight excluding hydrogens is 202 g/mol. The minimum absolute atomic E-state index is 0.275. The third-order valence-electron chi connectivity index (χ3n) is 2.18. The molecule has 1 aromatic rings. The summed E-state index contributed by atoms with van der Waals surface area (Å²) in [7, 11) is 0. The Hall–Kier alpha value is -1.51. The van der Waals surface area contributed by atoms with Crippen LogP contribution in [-0.2, 0) is 4.74 Å². The van der Waals surface area contributed by atoms with E-state index in [0.717, 1.165) is 25.1 Å². The average Bonchev–Trinajstić information content (AvgIpc) is 2.30. The molecule has 0 spiro atoms. The van der Waals surface area contributed by atoms with Gasteiger partial charge in [-0.1, -0.05) is 13.3 Å². The van der Waals surface area contributed by atoms with E-state index in [1.54, 1.807) is 19.1 Å². The van der Waals surface area contributed by atoms with Gasteiger partial charge in [-0.05, 0) is 37.6 Å². The summed E-state index contributed by atoms with van der Waals surface area (Å²) in [5, 5.41) is 4.39. The van der Waals surface area contributed by atoms with Gasteiger partial charge in [-0.15, -0.1) is 0 Å². The molecular formula is C13H18NO2. The second-order valence-corrected chi connectivity index (χ2v) is 3.50. The Kier molecular flexibility index (Phi) is 5.40. The lowest BCUT2D eigenvalue weighted by Gasteiger charge is -2.04. The van der Waals surface area contributed by atoms with Crippen molar-refractivity contribution in [3.8, 4) is 0 Å². The molecule has 0 aliphatic heterocycles. The van der Waals surface area contributed by atoms with Crippen LogP contribution >= 0.6 is 0 Å². The Morgan fingerprint density at radius 2 is 1.94 bits per heavy atom. The highest BCUT2D eigenvalue weighted by atomic mass is 16.5.